The molecule has 0 aliphatic rings. The molecule has 7 nitrogen and oxygen atoms in total. The third-order valence-electron chi connectivity index (χ3n) is 3.89. The Hall–Kier alpha value is -3.18. The van der Waals surface area contributed by atoms with Gasteiger partial charge in [0, 0.05) is 29.3 Å². The molecule has 0 aromatic heterocycles. The van der Waals surface area contributed by atoms with Crippen LogP contribution in [0.3, 0.4) is 0 Å². The molecule has 0 fully saturated rings. The molecular formula is C20H22N4O3. The summed E-state index contributed by atoms with van der Waals surface area (Å²) in [6.07, 6.45) is 0. The molecule has 2 rings (SSSR count). The quantitative estimate of drug-likeness (QED) is 0.299. The van der Waals surface area contributed by atoms with Crippen LogP contribution in [0.5, 0.6) is 0 Å². The third-order valence-corrected chi connectivity index (χ3v) is 3.89. The van der Waals surface area contributed by atoms with Gasteiger partial charge in [-0.1, -0.05) is 24.0 Å². The molecule has 27 heavy (non-hydrogen) atoms. The van der Waals surface area contributed by atoms with E-state index in [2.05, 4.69) is 17.2 Å². The summed E-state index contributed by atoms with van der Waals surface area (Å²) in [6, 6.07) is 12.6. The summed E-state index contributed by atoms with van der Waals surface area (Å²) in [5.41, 5.74) is 15.7. The molecule has 0 unspecified atom stereocenters. The zero-order valence-electron chi connectivity index (χ0n) is 14.9. The molecule has 0 heterocycles. The molecule has 7 N–H and O–H groups in total. The van der Waals surface area contributed by atoms with Gasteiger partial charge in [-0.2, -0.15) is 0 Å². The number of nitrogens with two attached hydrogens (primary N) is 2. The lowest BCUT2D eigenvalue weighted by molar-refractivity contribution is -0.131. The Bertz CT molecular complexity index is 850. The SMILES string of the molecule is C[C@@H](N)[C@H](NC(=O)c1ccc(C#Cc2ccc(CN)cc2)cc1)C(=O)NO. The van der Waals surface area contributed by atoms with Crippen LogP contribution in [0.4, 0.5) is 0 Å². The van der Waals surface area contributed by atoms with Gasteiger partial charge in [0.2, 0.25) is 0 Å². The first kappa shape index (κ1) is 20.1. The third kappa shape index (κ3) is 5.66. The summed E-state index contributed by atoms with van der Waals surface area (Å²) in [7, 11) is 0. The van der Waals surface area contributed by atoms with Crippen molar-refractivity contribution in [1.29, 1.82) is 0 Å². The Kier molecular flexibility index (Phi) is 7.08. The van der Waals surface area contributed by atoms with Gasteiger partial charge < -0.3 is 16.8 Å². The molecule has 0 saturated carbocycles. The standard InChI is InChI=1S/C20H22N4O3/c1-13(22)18(20(26)24-27)23-19(25)17-10-8-15(9-11-17)3-2-14-4-6-16(12-21)7-5-14/h4-11,13,18,27H,12,21-22H2,1H3,(H,23,25)(H,24,26)/t13-,18+/m1/s1. The van der Waals surface area contributed by atoms with Crippen molar-refractivity contribution in [3.63, 3.8) is 0 Å². The highest BCUT2D eigenvalue weighted by atomic mass is 16.5. The zero-order chi connectivity index (χ0) is 19.8. The van der Waals surface area contributed by atoms with Crippen LogP contribution in [0.2, 0.25) is 0 Å². The Balaban J connectivity index is 2.07. The monoisotopic (exact) mass is 366 g/mol. The topological polar surface area (TPSA) is 130 Å². The van der Waals surface area contributed by atoms with Crippen molar-refractivity contribution in [2.45, 2.75) is 25.6 Å². The normalized spacial score (nSPS) is 12.3. The summed E-state index contributed by atoms with van der Waals surface area (Å²) in [5.74, 6) is 4.81. The van der Waals surface area contributed by atoms with Crippen molar-refractivity contribution in [3.05, 3.63) is 70.8 Å². The lowest BCUT2D eigenvalue weighted by Crippen LogP contribution is -2.54. The molecular weight excluding hydrogens is 344 g/mol. The lowest BCUT2D eigenvalue weighted by Gasteiger charge is -2.20. The number of benzene rings is 2. The maximum absolute atomic E-state index is 12.3. The van der Waals surface area contributed by atoms with E-state index in [9.17, 15) is 9.59 Å². The smallest absolute Gasteiger partial charge is 0.267 e. The number of amides is 2. The van der Waals surface area contributed by atoms with Gasteiger partial charge in [-0.15, -0.1) is 0 Å². The van der Waals surface area contributed by atoms with Crippen LogP contribution in [0.25, 0.3) is 0 Å². The Morgan fingerprint density at radius 1 is 1.04 bits per heavy atom. The van der Waals surface area contributed by atoms with Crippen molar-refractivity contribution in [3.8, 4) is 11.8 Å². The van der Waals surface area contributed by atoms with E-state index < -0.39 is 23.9 Å². The van der Waals surface area contributed by atoms with Crippen molar-refractivity contribution < 1.29 is 14.8 Å². The minimum absolute atomic E-state index is 0.351. The van der Waals surface area contributed by atoms with Gasteiger partial charge in [-0.25, -0.2) is 5.48 Å². The van der Waals surface area contributed by atoms with Crippen LogP contribution >= 0.6 is 0 Å². The molecule has 2 aromatic carbocycles. The predicted molar refractivity (Wildman–Crippen MR) is 102 cm³/mol. The molecule has 7 heteroatoms. The first-order valence-corrected chi connectivity index (χ1v) is 8.36. The molecule has 2 amide bonds. The molecule has 0 bridgehead atoms. The average Bonchev–Trinajstić information content (AvgIpc) is 2.70. The van der Waals surface area contributed by atoms with Gasteiger partial charge in [-0.05, 0) is 48.9 Å². The minimum Gasteiger partial charge on any atom is -0.339 e. The van der Waals surface area contributed by atoms with E-state index in [1.165, 1.54) is 5.48 Å². The molecule has 0 saturated heterocycles. The van der Waals surface area contributed by atoms with Crippen LogP contribution in [-0.4, -0.2) is 29.1 Å². The van der Waals surface area contributed by atoms with Crippen molar-refractivity contribution >= 4 is 11.8 Å². The van der Waals surface area contributed by atoms with Gasteiger partial charge in [0.15, 0.2) is 0 Å². The van der Waals surface area contributed by atoms with Crippen molar-refractivity contribution in [2.24, 2.45) is 11.5 Å². The highest BCUT2D eigenvalue weighted by Gasteiger charge is 2.24. The summed E-state index contributed by atoms with van der Waals surface area (Å²) >= 11 is 0. The number of hydroxylamine groups is 1. The number of hydrogen-bond acceptors (Lipinski definition) is 5. The fourth-order valence-corrected chi connectivity index (χ4v) is 2.30. The lowest BCUT2D eigenvalue weighted by atomic mass is 10.1. The van der Waals surface area contributed by atoms with Crippen molar-refractivity contribution in [2.75, 3.05) is 0 Å². The van der Waals surface area contributed by atoms with E-state index in [1.807, 2.05) is 24.3 Å². The Morgan fingerprint density at radius 3 is 2.00 bits per heavy atom. The van der Waals surface area contributed by atoms with E-state index in [4.69, 9.17) is 16.7 Å². The molecule has 0 radical (unpaired) electrons. The van der Waals surface area contributed by atoms with Crippen LogP contribution < -0.4 is 22.3 Å². The first-order chi connectivity index (χ1) is 12.9. The maximum atomic E-state index is 12.3. The summed E-state index contributed by atoms with van der Waals surface area (Å²) in [6.45, 7) is 2.04. The average molecular weight is 366 g/mol. The van der Waals surface area contributed by atoms with Crippen LogP contribution in [0.1, 0.15) is 34.0 Å². The van der Waals surface area contributed by atoms with Gasteiger partial charge in [0.25, 0.3) is 11.8 Å². The van der Waals surface area contributed by atoms with Crippen LogP contribution in [0.15, 0.2) is 48.5 Å². The predicted octanol–water partition coefficient (Wildman–Crippen LogP) is 0.496. The van der Waals surface area contributed by atoms with E-state index in [0.29, 0.717) is 12.1 Å². The molecule has 0 aliphatic carbocycles. The number of nitrogens with one attached hydrogen (secondary N) is 2. The number of hydrogen-bond donors (Lipinski definition) is 5. The first-order valence-electron chi connectivity index (χ1n) is 8.36. The highest BCUT2D eigenvalue weighted by molar-refractivity contribution is 5.97. The molecule has 0 aliphatic heterocycles. The number of carbonyl (C=O) groups excluding carboxylic acids is 2. The maximum Gasteiger partial charge on any atom is 0.267 e. The molecule has 2 aromatic rings. The van der Waals surface area contributed by atoms with E-state index in [-0.39, 0.29) is 0 Å². The second-order valence-corrected chi connectivity index (χ2v) is 6.01. The second-order valence-electron chi connectivity index (χ2n) is 6.01. The molecule has 2 atom stereocenters. The minimum atomic E-state index is -1.04. The Morgan fingerprint density at radius 2 is 1.56 bits per heavy atom. The van der Waals surface area contributed by atoms with Crippen LogP contribution in [-0.2, 0) is 11.3 Å². The highest BCUT2D eigenvalue weighted by Crippen LogP contribution is 2.06. The van der Waals surface area contributed by atoms with Crippen LogP contribution in [0, 0.1) is 11.8 Å². The molecule has 140 valence electrons. The van der Waals surface area contributed by atoms with Gasteiger partial charge >= 0.3 is 0 Å². The fraction of sp³-hybridized carbons (Fsp3) is 0.200. The van der Waals surface area contributed by atoms with Gasteiger partial charge in [0.05, 0.1) is 0 Å². The largest absolute Gasteiger partial charge is 0.339 e. The molecule has 0 spiro atoms. The summed E-state index contributed by atoms with van der Waals surface area (Å²) in [4.78, 5) is 23.8. The van der Waals surface area contributed by atoms with Gasteiger partial charge in [-0.3, -0.25) is 14.8 Å². The van der Waals surface area contributed by atoms with Gasteiger partial charge in [0.1, 0.15) is 6.04 Å². The Labute approximate surface area is 157 Å². The fourth-order valence-electron chi connectivity index (χ4n) is 2.30. The number of rotatable bonds is 5. The summed E-state index contributed by atoms with van der Waals surface area (Å²) in [5, 5.41) is 11.2. The zero-order valence-corrected chi connectivity index (χ0v) is 14.9. The van der Waals surface area contributed by atoms with E-state index >= 15 is 0 Å². The second kappa shape index (κ2) is 9.50. The van der Waals surface area contributed by atoms with Crippen molar-refractivity contribution in [1.82, 2.24) is 10.8 Å². The number of carbonyl (C=O) groups is 2. The summed E-state index contributed by atoms with van der Waals surface area (Å²) < 4.78 is 0. The van der Waals surface area contributed by atoms with E-state index in [0.717, 1.165) is 16.7 Å². The van der Waals surface area contributed by atoms with E-state index in [1.54, 1.807) is 31.2 Å².